The summed E-state index contributed by atoms with van der Waals surface area (Å²) < 4.78 is 0. The minimum atomic E-state index is 0.330. The van der Waals surface area contributed by atoms with Gasteiger partial charge in [0.1, 0.15) is 0 Å². The van der Waals surface area contributed by atoms with Crippen LogP contribution in [0.15, 0.2) is 51.9 Å². The highest BCUT2D eigenvalue weighted by Crippen LogP contribution is 2.45. The Hall–Kier alpha value is -1.48. The number of nitrogens with zero attached hydrogens (tertiary/aromatic N) is 1. The number of allylic oxidation sites excluding steroid dienone is 3. The van der Waals surface area contributed by atoms with Crippen molar-refractivity contribution in [1.29, 1.82) is 0 Å². The normalized spacial score (nSPS) is 22.6. The van der Waals surface area contributed by atoms with Crippen molar-refractivity contribution in [2.45, 2.75) is 37.5 Å². The van der Waals surface area contributed by atoms with Crippen LogP contribution in [0.25, 0.3) is 0 Å². The van der Waals surface area contributed by atoms with Gasteiger partial charge in [-0.2, -0.15) is 0 Å². The molecule has 104 valence electrons. The van der Waals surface area contributed by atoms with Gasteiger partial charge in [-0.3, -0.25) is 4.79 Å². The van der Waals surface area contributed by atoms with E-state index in [-0.39, 0.29) is 0 Å². The molecule has 0 atom stereocenters. The number of hydrogen-bond donors (Lipinski definition) is 0. The van der Waals surface area contributed by atoms with E-state index < -0.39 is 0 Å². The number of para-hydroxylation sites is 1. The molecular weight excluding hydrogens is 266 g/mol. The number of Topliss-reactive ketones (excluding diaryl/α,β-unsaturated/α-hetero) is 1. The first-order valence-electron chi connectivity index (χ1n) is 7.28. The van der Waals surface area contributed by atoms with E-state index in [0.29, 0.717) is 5.78 Å². The Morgan fingerprint density at radius 1 is 1.20 bits per heavy atom. The number of fused-ring (bicyclic) bond motifs is 1. The fraction of sp³-hybridized carbons (Fsp3) is 0.353. The van der Waals surface area contributed by atoms with Gasteiger partial charge in [-0.05, 0) is 50.0 Å². The zero-order valence-corrected chi connectivity index (χ0v) is 12.6. The third-order valence-electron chi connectivity index (χ3n) is 3.84. The molecule has 3 heteroatoms. The van der Waals surface area contributed by atoms with Gasteiger partial charge in [-0.15, -0.1) is 0 Å². The lowest BCUT2D eigenvalue weighted by Crippen LogP contribution is -2.16. The monoisotopic (exact) mass is 285 g/mol. The Balaban J connectivity index is 1.86. The summed E-state index contributed by atoms with van der Waals surface area (Å²) >= 11 is 1.79. The van der Waals surface area contributed by atoms with E-state index in [1.807, 2.05) is 6.08 Å². The first-order valence-corrected chi connectivity index (χ1v) is 8.09. The Kier molecular flexibility index (Phi) is 3.97. The number of carbonyl (C=O) groups excluding carboxylic acids is 1. The summed E-state index contributed by atoms with van der Waals surface area (Å²) in [5.74, 6) is 0.330. The van der Waals surface area contributed by atoms with Crippen molar-refractivity contribution in [3.8, 4) is 0 Å². The first-order chi connectivity index (χ1) is 9.79. The van der Waals surface area contributed by atoms with E-state index in [1.54, 1.807) is 11.8 Å². The molecule has 1 saturated carbocycles. The van der Waals surface area contributed by atoms with Crippen LogP contribution in [0.4, 0.5) is 5.69 Å². The van der Waals surface area contributed by atoms with Crippen LogP contribution in [0, 0.1) is 0 Å². The molecule has 1 aromatic rings. The molecule has 1 aromatic carbocycles. The quantitative estimate of drug-likeness (QED) is 0.745. The molecule has 0 amide bonds. The summed E-state index contributed by atoms with van der Waals surface area (Å²) in [7, 11) is 0. The van der Waals surface area contributed by atoms with Crippen molar-refractivity contribution in [1.82, 2.24) is 0 Å². The SMILES string of the molecule is CCN1C(=CC=C2CCCCC2=O)Sc2ccccc21. The van der Waals surface area contributed by atoms with Crippen LogP contribution in [0.2, 0.25) is 0 Å². The predicted molar refractivity (Wildman–Crippen MR) is 85.0 cm³/mol. The Morgan fingerprint density at radius 2 is 2.00 bits per heavy atom. The van der Waals surface area contributed by atoms with E-state index in [9.17, 15) is 4.79 Å². The molecule has 2 nitrogen and oxygen atoms in total. The van der Waals surface area contributed by atoms with Gasteiger partial charge >= 0.3 is 0 Å². The van der Waals surface area contributed by atoms with Crippen LogP contribution in [0.5, 0.6) is 0 Å². The lowest BCUT2D eigenvalue weighted by Gasteiger charge is -2.18. The smallest absolute Gasteiger partial charge is 0.158 e. The average molecular weight is 285 g/mol. The maximum atomic E-state index is 11.9. The number of hydrogen-bond acceptors (Lipinski definition) is 3. The lowest BCUT2D eigenvalue weighted by molar-refractivity contribution is -0.116. The Labute approximate surface area is 124 Å². The molecule has 1 heterocycles. The zero-order chi connectivity index (χ0) is 13.9. The van der Waals surface area contributed by atoms with Gasteiger partial charge in [0, 0.05) is 17.9 Å². The van der Waals surface area contributed by atoms with Crippen molar-refractivity contribution in [2.24, 2.45) is 0 Å². The number of benzene rings is 1. The molecule has 0 N–H and O–H groups in total. The number of carbonyl (C=O) groups is 1. The second-order valence-electron chi connectivity index (χ2n) is 5.14. The van der Waals surface area contributed by atoms with Gasteiger partial charge in [0.2, 0.25) is 0 Å². The number of ketones is 1. The van der Waals surface area contributed by atoms with Gasteiger partial charge in [0.05, 0.1) is 10.7 Å². The van der Waals surface area contributed by atoms with Crippen molar-refractivity contribution < 1.29 is 4.79 Å². The van der Waals surface area contributed by atoms with Gasteiger partial charge in [-0.25, -0.2) is 0 Å². The molecule has 3 rings (SSSR count). The van der Waals surface area contributed by atoms with Gasteiger partial charge in [-0.1, -0.05) is 30.0 Å². The van der Waals surface area contributed by atoms with Crippen LogP contribution in [-0.4, -0.2) is 12.3 Å². The molecule has 1 fully saturated rings. The van der Waals surface area contributed by atoms with Gasteiger partial charge in [0.25, 0.3) is 0 Å². The molecule has 1 aliphatic carbocycles. The summed E-state index contributed by atoms with van der Waals surface area (Å²) in [6.45, 7) is 3.11. The fourth-order valence-electron chi connectivity index (χ4n) is 2.75. The van der Waals surface area contributed by atoms with Crippen LogP contribution in [0.3, 0.4) is 0 Å². The molecule has 0 radical (unpaired) electrons. The zero-order valence-electron chi connectivity index (χ0n) is 11.8. The summed E-state index contributed by atoms with van der Waals surface area (Å²) in [4.78, 5) is 15.5. The third kappa shape index (κ3) is 2.55. The second-order valence-corrected chi connectivity index (χ2v) is 6.20. The van der Waals surface area contributed by atoms with E-state index in [4.69, 9.17) is 0 Å². The molecule has 0 spiro atoms. The van der Waals surface area contributed by atoms with Crippen LogP contribution >= 0.6 is 11.8 Å². The van der Waals surface area contributed by atoms with Crippen LogP contribution in [0.1, 0.15) is 32.6 Å². The summed E-state index contributed by atoms with van der Waals surface area (Å²) in [6, 6.07) is 8.47. The summed E-state index contributed by atoms with van der Waals surface area (Å²) in [5, 5.41) is 1.22. The standard InChI is InChI=1S/C17H19NOS/c1-2-18-14-8-4-6-10-16(14)20-17(18)12-11-13-7-3-5-9-15(13)19/h4,6,8,10-12H,2-3,5,7,9H2,1H3. The maximum Gasteiger partial charge on any atom is 0.158 e. The highest BCUT2D eigenvalue weighted by molar-refractivity contribution is 8.03. The van der Waals surface area contributed by atoms with E-state index in [1.165, 1.54) is 15.6 Å². The Bertz CT molecular complexity index is 588. The Morgan fingerprint density at radius 3 is 2.80 bits per heavy atom. The summed E-state index contributed by atoms with van der Waals surface area (Å²) in [5.41, 5.74) is 2.27. The minimum absolute atomic E-state index is 0.330. The second kappa shape index (κ2) is 5.88. The molecule has 0 unspecified atom stereocenters. The van der Waals surface area contributed by atoms with E-state index in [2.05, 4.69) is 42.2 Å². The minimum Gasteiger partial charge on any atom is -0.335 e. The molecular formula is C17H19NOS. The van der Waals surface area contributed by atoms with E-state index >= 15 is 0 Å². The third-order valence-corrected chi connectivity index (χ3v) is 4.97. The van der Waals surface area contributed by atoms with Crippen molar-refractivity contribution in [3.05, 3.63) is 47.0 Å². The van der Waals surface area contributed by atoms with Crippen molar-refractivity contribution in [3.63, 3.8) is 0 Å². The first kappa shape index (κ1) is 13.5. The average Bonchev–Trinajstić information content (AvgIpc) is 2.84. The molecule has 0 aromatic heterocycles. The molecule has 0 bridgehead atoms. The largest absolute Gasteiger partial charge is 0.335 e. The topological polar surface area (TPSA) is 20.3 Å². The van der Waals surface area contributed by atoms with Crippen LogP contribution < -0.4 is 4.90 Å². The molecule has 1 aliphatic heterocycles. The van der Waals surface area contributed by atoms with Gasteiger partial charge in [0.15, 0.2) is 5.78 Å². The fourth-order valence-corrected chi connectivity index (χ4v) is 3.88. The summed E-state index contributed by atoms with van der Waals surface area (Å²) in [6.07, 6.45) is 8.01. The van der Waals surface area contributed by atoms with Crippen molar-refractivity contribution >= 4 is 23.2 Å². The van der Waals surface area contributed by atoms with E-state index in [0.717, 1.165) is 37.8 Å². The maximum absolute atomic E-state index is 11.9. The molecule has 2 aliphatic rings. The molecule has 0 saturated heterocycles. The predicted octanol–water partition coefficient (Wildman–Crippen LogP) is 4.53. The molecule has 20 heavy (non-hydrogen) atoms. The van der Waals surface area contributed by atoms with Crippen LogP contribution in [-0.2, 0) is 4.79 Å². The number of rotatable bonds is 2. The number of anilines is 1. The lowest BCUT2D eigenvalue weighted by atomic mass is 9.93. The highest BCUT2D eigenvalue weighted by Gasteiger charge is 2.23. The van der Waals surface area contributed by atoms with Gasteiger partial charge < -0.3 is 4.90 Å². The highest BCUT2D eigenvalue weighted by atomic mass is 32.2. The number of thioether (sulfide) groups is 1. The van der Waals surface area contributed by atoms with Crippen molar-refractivity contribution in [2.75, 3.05) is 11.4 Å².